The first-order chi connectivity index (χ1) is 30.1. The van der Waals surface area contributed by atoms with Crippen molar-refractivity contribution in [2.24, 2.45) is 0 Å². The van der Waals surface area contributed by atoms with E-state index < -0.39 is 83.5 Å². The predicted molar refractivity (Wildman–Crippen MR) is 241 cm³/mol. The van der Waals surface area contributed by atoms with Gasteiger partial charge in [-0.2, -0.15) is 0 Å². The molecule has 368 valence electrons. The maximum Gasteiger partial charge on any atom is 0.472 e. The average molecular weight is 941 g/mol. The van der Waals surface area contributed by atoms with Gasteiger partial charge in [0.05, 0.1) is 6.61 Å². The molecule has 0 aromatic heterocycles. The fourth-order valence-electron chi connectivity index (χ4n) is 7.03. The molecule has 1 aliphatic rings. The van der Waals surface area contributed by atoms with Crippen molar-refractivity contribution in [2.75, 3.05) is 13.2 Å². The van der Waals surface area contributed by atoms with E-state index in [1.54, 1.807) is 0 Å². The van der Waals surface area contributed by atoms with Crippen LogP contribution in [0.5, 0.6) is 0 Å². The molecule has 5 unspecified atom stereocenters. The van der Waals surface area contributed by atoms with Crippen molar-refractivity contribution in [3.8, 4) is 0 Å². The number of unbranched alkanes of at least 4 members (excludes halogenated alkanes) is 19. The minimum Gasteiger partial charge on any atom is -0.462 e. The fourth-order valence-corrected chi connectivity index (χ4v) is 8.57. The van der Waals surface area contributed by atoms with Crippen LogP contribution in [0.2, 0.25) is 0 Å². The highest BCUT2D eigenvalue weighted by Gasteiger charge is 2.54. The zero-order chi connectivity index (χ0) is 46.8. The summed E-state index contributed by atoms with van der Waals surface area (Å²) in [5, 5.41) is 41.2. The van der Waals surface area contributed by atoms with Crippen LogP contribution in [0.4, 0.5) is 0 Å². The number of carbonyl (C=O) groups excluding carboxylic acids is 2. The topological polar surface area (TPSA) is 256 Å². The third-order valence-electron chi connectivity index (χ3n) is 10.7. The smallest absolute Gasteiger partial charge is 0.462 e. The van der Waals surface area contributed by atoms with Crippen LogP contribution < -0.4 is 0 Å². The monoisotopic (exact) mass is 941 g/mol. The zero-order valence-electron chi connectivity index (χ0n) is 38.0. The molecule has 1 aliphatic carbocycles. The van der Waals surface area contributed by atoms with E-state index in [2.05, 4.69) is 48.8 Å². The highest BCUT2D eigenvalue weighted by atomic mass is 31.2. The first-order valence-electron chi connectivity index (χ1n) is 23.5. The van der Waals surface area contributed by atoms with Crippen LogP contribution in [-0.2, 0) is 41.8 Å². The molecule has 18 heteroatoms. The highest BCUT2D eigenvalue weighted by Crippen LogP contribution is 2.49. The number of allylic oxidation sites excluding steroid dienone is 6. The Morgan fingerprint density at radius 3 is 1.43 bits per heavy atom. The normalized spacial score (nSPS) is 22.2. The van der Waals surface area contributed by atoms with Gasteiger partial charge in [0, 0.05) is 12.8 Å². The van der Waals surface area contributed by atoms with Crippen LogP contribution >= 0.6 is 15.6 Å². The van der Waals surface area contributed by atoms with E-state index in [4.69, 9.17) is 28.3 Å². The fraction of sp³-hybridized carbons (Fsp3) is 0.822. The van der Waals surface area contributed by atoms with Gasteiger partial charge in [0.1, 0.15) is 43.2 Å². The van der Waals surface area contributed by atoms with Crippen molar-refractivity contribution in [1.29, 1.82) is 0 Å². The van der Waals surface area contributed by atoms with Gasteiger partial charge in [0.15, 0.2) is 6.10 Å². The first-order valence-corrected chi connectivity index (χ1v) is 26.6. The summed E-state index contributed by atoms with van der Waals surface area (Å²) in [6.07, 6.45) is 23.9. The second-order valence-corrected chi connectivity index (χ2v) is 19.1. The van der Waals surface area contributed by atoms with Crippen molar-refractivity contribution in [3.63, 3.8) is 0 Å². The Morgan fingerprint density at radius 1 is 0.508 bits per heavy atom. The maximum atomic E-state index is 13.0. The molecule has 7 N–H and O–H groups in total. The molecule has 0 bridgehead atoms. The number of phosphoric ester groups is 2. The Hall–Kier alpha value is -1.78. The lowest BCUT2D eigenvalue weighted by Gasteiger charge is -2.43. The summed E-state index contributed by atoms with van der Waals surface area (Å²) in [7, 11) is -10.7. The summed E-state index contributed by atoms with van der Waals surface area (Å²) in [4.78, 5) is 54.2. The Labute approximate surface area is 376 Å². The van der Waals surface area contributed by atoms with Crippen molar-refractivity contribution in [3.05, 3.63) is 36.5 Å². The molecule has 16 nitrogen and oxygen atoms in total. The summed E-state index contributed by atoms with van der Waals surface area (Å²) < 4.78 is 49.3. The average Bonchev–Trinajstić information content (AvgIpc) is 3.23. The number of phosphoric acid groups is 2. The van der Waals surface area contributed by atoms with E-state index in [0.29, 0.717) is 19.3 Å². The number of aliphatic hydroxyl groups is 4. The second kappa shape index (κ2) is 36.4. The van der Waals surface area contributed by atoms with Crippen LogP contribution in [0, 0.1) is 0 Å². The number of aliphatic hydroxyl groups excluding tert-OH is 4. The number of carbonyl (C=O) groups is 2. The summed E-state index contributed by atoms with van der Waals surface area (Å²) in [6, 6.07) is 0. The molecule has 8 atom stereocenters. The van der Waals surface area contributed by atoms with Gasteiger partial charge in [0.2, 0.25) is 0 Å². The van der Waals surface area contributed by atoms with Crippen LogP contribution in [0.25, 0.3) is 0 Å². The SMILES string of the molecule is CCCCC/C=C\C/C=C\C/C=C\CCCCC(=O)O[C@H](COC(=O)CCCCCCCCCCCCCCCCC)COP(=O)(O)O[C@H]1C(O)C(O)C(O)[C@@H](OP(=O)(O)O)C1O. The number of hydrogen-bond acceptors (Lipinski definition) is 13. The van der Waals surface area contributed by atoms with E-state index >= 15 is 0 Å². The molecule has 0 aliphatic heterocycles. The molecule has 0 spiro atoms. The van der Waals surface area contributed by atoms with Crippen molar-refractivity contribution in [2.45, 2.75) is 224 Å². The lowest BCUT2D eigenvalue weighted by atomic mass is 9.85. The Kier molecular flexibility index (Phi) is 34.2. The van der Waals surface area contributed by atoms with Crippen LogP contribution in [0.1, 0.15) is 181 Å². The summed E-state index contributed by atoms with van der Waals surface area (Å²) in [5.41, 5.74) is 0. The number of rotatable bonds is 39. The van der Waals surface area contributed by atoms with Crippen molar-refractivity contribution < 1.29 is 76.9 Å². The van der Waals surface area contributed by atoms with Crippen LogP contribution in [0.15, 0.2) is 36.5 Å². The van der Waals surface area contributed by atoms with Gasteiger partial charge in [-0.15, -0.1) is 0 Å². The zero-order valence-corrected chi connectivity index (χ0v) is 39.8. The Balaban J connectivity index is 2.62. The van der Waals surface area contributed by atoms with Gasteiger partial charge in [-0.1, -0.05) is 153 Å². The van der Waals surface area contributed by atoms with Gasteiger partial charge < -0.3 is 44.6 Å². The maximum absolute atomic E-state index is 13.0. The lowest BCUT2D eigenvalue weighted by molar-refractivity contribution is -0.216. The summed E-state index contributed by atoms with van der Waals surface area (Å²) in [6.45, 7) is 3.05. The molecular weight excluding hydrogens is 858 g/mol. The molecule has 0 saturated heterocycles. The molecule has 1 rings (SSSR count). The number of hydrogen-bond donors (Lipinski definition) is 7. The Bertz CT molecular complexity index is 1370. The van der Waals surface area contributed by atoms with Crippen molar-refractivity contribution in [1.82, 2.24) is 0 Å². The van der Waals surface area contributed by atoms with Gasteiger partial charge in [0.25, 0.3) is 0 Å². The highest BCUT2D eigenvalue weighted by molar-refractivity contribution is 7.47. The molecule has 0 heterocycles. The molecule has 1 fully saturated rings. The molecular formula is C45H82O16P2. The Morgan fingerprint density at radius 2 is 0.921 bits per heavy atom. The van der Waals surface area contributed by atoms with E-state index in [9.17, 15) is 44.0 Å². The molecule has 0 aromatic rings. The van der Waals surface area contributed by atoms with E-state index in [1.165, 1.54) is 83.5 Å². The van der Waals surface area contributed by atoms with Gasteiger partial charge in [-0.3, -0.25) is 23.2 Å². The third kappa shape index (κ3) is 30.9. The van der Waals surface area contributed by atoms with E-state index in [-0.39, 0.29) is 12.8 Å². The number of esters is 2. The molecule has 0 aromatic carbocycles. The largest absolute Gasteiger partial charge is 0.472 e. The first kappa shape index (κ1) is 59.2. The molecule has 0 radical (unpaired) electrons. The molecule has 1 saturated carbocycles. The van der Waals surface area contributed by atoms with Crippen molar-refractivity contribution >= 4 is 27.6 Å². The van der Waals surface area contributed by atoms with Crippen LogP contribution in [0.3, 0.4) is 0 Å². The van der Waals surface area contributed by atoms with Gasteiger partial charge in [-0.25, -0.2) is 9.13 Å². The van der Waals surface area contributed by atoms with Gasteiger partial charge >= 0.3 is 27.6 Å². The van der Waals surface area contributed by atoms with Crippen LogP contribution in [-0.4, -0.2) is 103 Å². The third-order valence-corrected chi connectivity index (χ3v) is 12.2. The quantitative estimate of drug-likeness (QED) is 0.0132. The lowest BCUT2D eigenvalue weighted by Crippen LogP contribution is -2.64. The predicted octanol–water partition coefficient (Wildman–Crippen LogP) is 8.73. The van der Waals surface area contributed by atoms with Gasteiger partial charge in [-0.05, 0) is 51.4 Å². The minimum atomic E-state index is -5.37. The molecule has 63 heavy (non-hydrogen) atoms. The molecule has 0 amide bonds. The van der Waals surface area contributed by atoms with E-state index in [0.717, 1.165) is 51.4 Å². The standard InChI is InChI=1S/C45H82O16P2/c1-3-5-7-9-11-13-15-17-19-21-23-25-27-29-31-33-38(46)57-35-37(59-39(47)34-32-30-28-26-24-22-20-18-16-14-12-10-8-6-4-2)36-58-63(55,56)61-45-42(50)40(48)41(49)44(43(45)51)60-62(52,53)54/h12,14,18,20,24,26,37,40-45,48-51H,3-11,13,15-17,19,21-23,25,27-36H2,1-2H3,(H,55,56)(H2,52,53,54)/b14-12-,20-18-,26-24-/t37-,40?,41?,42?,43?,44-,45+/m1/s1. The number of ether oxygens (including phenoxy) is 2. The minimum absolute atomic E-state index is 0.00315. The summed E-state index contributed by atoms with van der Waals surface area (Å²) in [5.74, 6) is -1.25. The second-order valence-electron chi connectivity index (χ2n) is 16.5. The van der Waals surface area contributed by atoms with E-state index in [1.807, 2.05) is 6.08 Å². The summed E-state index contributed by atoms with van der Waals surface area (Å²) >= 11 is 0.